The second-order valence-electron chi connectivity index (χ2n) is 7.05. The van der Waals surface area contributed by atoms with Crippen LogP contribution in [-0.4, -0.2) is 30.4 Å². The summed E-state index contributed by atoms with van der Waals surface area (Å²) in [5, 5.41) is 5.50. The van der Waals surface area contributed by atoms with Crippen LogP contribution in [0.4, 0.5) is 5.69 Å². The van der Waals surface area contributed by atoms with Crippen molar-refractivity contribution in [3.8, 4) is 0 Å². The van der Waals surface area contributed by atoms with Crippen molar-refractivity contribution in [3.05, 3.63) is 65.2 Å². The Morgan fingerprint density at radius 1 is 1.00 bits per heavy atom. The van der Waals surface area contributed by atoms with Crippen molar-refractivity contribution in [1.82, 2.24) is 5.32 Å². The van der Waals surface area contributed by atoms with Crippen LogP contribution in [-0.2, 0) is 9.53 Å². The third-order valence-corrected chi connectivity index (χ3v) is 4.40. The highest BCUT2D eigenvalue weighted by Crippen LogP contribution is 2.18. The third-order valence-electron chi connectivity index (χ3n) is 4.40. The zero-order valence-corrected chi connectivity index (χ0v) is 16.6. The van der Waals surface area contributed by atoms with E-state index in [1.165, 1.54) is 0 Å². The molecule has 0 bridgehead atoms. The molecule has 0 fully saturated rings. The lowest BCUT2D eigenvalue weighted by Crippen LogP contribution is -2.38. The molecule has 2 aromatic carbocycles. The van der Waals surface area contributed by atoms with Crippen molar-refractivity contribution >= 4 is 23.5 Å². The van der Waals surface area contributed by atoms with Crippen molar-refractivity contribution in [2.45, 2.75) is 33.7 Å². The molecule has 6 heteroatoms. The van der Waals surface area contributed by atoms with E-state index >= 15 is 0 Å². The maximum atomic E-state index is 12.5. The van der Waals surface area contributed by atoms with E-state index < -0.39 is 5.97 Å². The van der Waals surface area contributed by atoms with Gasteiger partial charge in [0.1, 0.15) is 0 Å². The predicted molar refractivity (Wildman–Crippen MR) is 108 cm³/mol. The average Bonchev–Trinajstić information content (AvgIpc) is 2.66. The summed E-state index contributed by atoms with van der Waals surface area (Å²) in [7, 11) is 0. The van der Waals surface area contributed by atoms with Crippen molar-refractivity contribution in [1.29, 1.82) is 0 Å². The van der Waals surface area contributed by atoms with E-state index in [1.807, 2.05) is 33.8 Å². The Balaban J connectivity index is 2.03. The van der Waals surface area contributed by atoms with Crippen molar-refractivity contribution in [2.75, 3.05) is 11.9 Å². The lowest BCUT2D eigenvalue weighted by atomic mass is 10.1. The van der Waals surface area contributed by atoms with Crippen LogP contribution in [0.1, 0.15) is 47.1 Å². The summed E-state index contributed by atoms with van der Waals surface area (Å²) in [5.74, 6) is -1.09. The molecule has 6 nitrogen and oxygen atoms in total. The smallest absolute Gasteiger partial charge is 0.340 e. The number of amides is 2. The molecule has 0 saturated carbocycles. The van der Waals surface area contributed by atoms with Crippen LogP contribution >= 0.6 is 0 Å². The summed E-state index contributed by atoms with van der Waals surface area (Å²) < 4.78 is 5.12. The van der Waals surface area contributed by atoms with E-state index in [-0.39, 0.29) is 35.9 Å². The Kier molecular flexibility index (Phi) is 7.32. The van der Waals surface area contributed by atoms with Gasteiger partial charge in [0.15, 0.2) is 6.61 Å². The maximum absolute atomic E-state index is 12.5. The Bertz CT molecular complexity index is 861. The summed E-state index contributed by atoms with van der Waals surface area (Å²) in [6, 6.07) is 13.7. The first-order valence-corrected chi connectivity index (χ1v) is 9.21. The number of benzene rings is 2. The van der Waals surface area contributed by atoms with Gasteiger partial charge in [-0.05, 0) is 44.0 Å². The standard InChI is InChI=1S/C22H26N2O4/c1-14(2)16(4)23-20(25)13-28-22(27)18-10-5-6-11-19(18)24-21(26)17-9-7-8-15(3)12-17/h5-12,14,16H,13H2,1-4H3,(H,23,25)(H,24,26)/t16-/m1/s1. The fourth-order valence-corrected chi connectivity index (χ4v) is 2.42. The summed E-state index contributed by atoms with van der Waals surface area (Å²) in [4.78, 5) is 36.8. The van der Waals surface area contributed by atoms with Gasteiger partial charge in [0.2, 0.25) is 0 Å². The molecule has 2 amide bonds. The number of ether oxygens (including phenoxy) is 1. The molecule has 148 valence electrons. The lowest BCUT2D eigenvalue weighted by Gasteiger charge is -2.17. The van der Waals surface area contributed by atoms with E-state index in [9.17, 15) is 14.4 Å². The summed E-state index contributed by atoms with van der Waals surface area (Å²) in [6.07, 6.45) is 0. The van der Waals surface area contributed by atoms with Gasteiger partial charge in [-0.2, -0.15) is 0 Å². The molecule has 0 spiro atoms. The second kappa shape index (κ2) is 9.69. The molecule has 2 aromatic rings. The minimum absolute atomic E-state index is 0.0212. The second-order valence-corrected chi connectivity index (χ2v) is 7.05. The number of anilines is 1. The van der Waals surface area contributed by atoms with Crippen LogP contribution < -0.4 is 10.6 Å². The maximum Gasteiger partial charge on any atom is 0.340 e. The highest BCUT2D eigenvalue weighted by molar-refractivity contribution is 6.08. The summed E-state index contributed by atoms with van der Waals surface area (Å²) in [5.41, 5.74) is 1.97. The van der Waals surface area contributed by atoms with Crippen LogP contribution in [0.3, 0.4) is 0 Å². The van der Waals surface area contributed by atoms with Gasteiger partial charge < -0.3 is 15.4 Å². The van der Waals surface area contributed by atoms with Crippen molar-refractivity contribution < 1.29 is 19.1 Å². The summed E-state index contributed by atoms with van der Waals surface area (Å²) >= 11 is 0. The van der Waals surface area contributed by atoms with Crippen LogP contribution in [0.25, 0.3) is 0 Å². The van der Waals surface area contributed by atoms with E-state index in [4.69, 9.17) is 4.74 Å². The van der Waals surface area contributed by atoms with Crippen molar-refractivity contribution in [2.24, 2.45) is 5.92 Å². The molecule has 0 saturated heterocycles. The number of nitrogens with one attached hydrogen (secondary N) is 2. The number of esters is 1. The lowest BCUT2D eigenvalue weighted by molar-refractivity contribution is -0.125. The van der Waals surface area contributed by atoms with Gasteiger partial charge in [-0.3, -0.25) is 9.59 Å². The SMILES string of the molecule is Cc1cccc(C(=O)Nc2ccccc2C(=O)OCC(=O)N[C@H](C)C(C)C)c1. The molecule has 2 N–H and O–H groups in total. The normalized spacial score (nSPS) is 11.6. The number of rotatable bonds is 7. The third kappa shape index (κ3) is 5.94. The van der Waals surface area contributed by atoms with Crippen LogP contribution in [0.2, 0.25) is 0 Å². The molecule has 2 rings (SSSR count). The molecule has 0 radical (unpaired) electrons. The fourth-order valence-electron chi connectivity index (χ4n) is 2.42. The van der Waals surface area contributed by atoms with E-state index in [0.717, 1.165) is 5.56 Å². The average molecular weight is 382 g/mol. The highest BCUT2D eigenvalue weighted by Gasteiger charge is 2.17. The Morgan fingerprint density at radius 2 is 1.71 bits per heavy atom. The molecule has 0 aliphatic heterocycles. The molecular weight excluding hydrogens is 356 g/mol. The van der Waals surface area contributed by atoms with Crippen LogP contribution in [0.15, 0.2) is 48.5 Å². The van der Waals surface area contributed by atoms with E-state index in [0.29, 0.717) is 11.3 Å². The van der Waals surface area contributed by atoms with Gasteiger partial charge in [-0.15, -0.1) is 0 Å². The zero-order valence-electron chi connectivity index (χ0n) is 16.6. The minimum Gasteiger partial charge on any atom is -0.452 e. The van der Waals surface area contributed by atoms with E-state index in [2.05, 4.69) is 10.6 Å². The first-order chi connectivity index (χ1) is 13.3. The van der Waals surface area contributed by atoms with Gasteiger partial charge in [-0.25, -0.2) is 4.79 Å². The predicted octanol–water partition coefficient (Wildman–Crippen LogP) is 3.56. The van der Waals surface area contributed by atoms with Gasteiger partial charge in [0.25, 0.3) is 11.8 Å². The molecule has 1 atom stereocenters. The number of hydrogen-bond donors (Lipinski definition) is 2. The Morgan fingerprint density at radius 3 is 2.39 bits per heavy atom. The zero-order chi connectivity index (χ0) is 20.7. The number of hydrogen-bond acceptors (Lipinski definition) is 4. The van der Waals surface area contributed by atoms with Gasteiger partial charge in [-0.1, -0.05) is 43.7 Å². The topological polar surface area (TPSA) is 84.5 Å². The molecule has 0 aromatic heterocycles. The number of carbonyl (C=O) groups is 3. The molecule has 0 aliphatic rings. The van der Waals surface area contributed by atoms with Crippen LogP contribution in [0, 0.1) is 12.8 Å². The number of para-hydroxylation sites is 1. The number of carbonyl (C=O) groups excluding carboxylic acids is 3. The Labute approximate surface area is 165 Å². The fraction of sp³-hybridized carbons (Fsp3) is 0.318. The number of aryl methyl sites for hydroxylation is 1. The van der Waals surface area contributed by atoms with Gasteiger partial charge >= 0.3 is 5.97 Å². The first-order valence-electron chi connectivity index (χ1n) is 9.21. The molecule has 28 heavy (non-hydrogen) atoms. The first kappa shape index (κ1) is 21.2. The molecule has 0 heterocycles. The monoisotopic (exact) mass is 382 g/mol. The van der Waals surface area contributed by atoms with Gasteiger partial charge in [0.05, 0.1) is 11.3 Å². The highest BCUT2D eigenvalue weighted by atomic mass is 16.5. The molecule has 0 aliphatic carbocycles. The van der Waals surface area contributed by atoms with Gasteiger partial charge in [0, 0.05) is 11.6 Å². The van der Waals surface area contributed by atoms with Crippen molar-refractivity contribution in [3.63, 3.8) is 0 Å². The Hall–Kier alpha value is -3.15. The summed E-state index contributed by atoms with van der Waals surface area (Å²) in [6.45, 7) is 7.39. The molecule has 0 unspecified atom stereocenters. The quantitative estimate of drug-likeness (QED) is 0.717. The van der Waals surface area contributed by atoms with E-state index in [1.54, 1.807) is 42.5 Å². The largest absolute Gasteiger partial charge is 0.452 e. The van der Waals surface area contributed by atoms with Crippen LogP contribution in [0.5, 0.6) is 0 Å². The molecular formula is C22H26N2O4. The minimum atomic E-state index is -0.674.